The zero-order valence-corrected chi connectivity index (χ0v) is 7.10. The second-order valence-electron chi connectivity index (χ2n) is 1.50. The molecule has 0 aromatic rings. The Morgan fingerprint density at radius 2 is 1.82 bits per heavy atom. The van der Waals surface area contributed by atoms with Gasteiger partial charge in [0.25, 0.3) is 0 Å². The lowest BCUT2D eigenvalue weighted by Gasteiger charge is -1.99. The van der Waals surface area contributed by atoms with Gasteiger partial charge < -0.3 is 5.73 Å². The molecule has 2 amide bonds. The smallest absolute Gasteiger partial charge is 0.233 e. The molecule has 0 radical (unpaired) electrons. The van der Waals surface area contributed by atoms with Crippen LogP contribution in [0.1, 0.15) is 20.8 Å². The molecule has 0 heterocycles. The summed E-state index contributed by atoms with van der Waals surface area (Å²) in [5.41, 5.74) is 9.22. The van der Waals surface area contributed by atoms with Gasteiger partial charge in [0.15, 0.2) is 0 Å². The van der Waals surface area contributed by atoms with Crippen molar-refractivity contribution in [2.24, 2.45) is 5.73 Å². The molecule has 4 N–H and O–H groups in total. The van der Waals surface area contributed by atoms with Gasteiger partial charge in [0.1, 0.15) is 0 Å². The highest BCUT2D eigenvalue weighted by Gasteiger charge is 1.91. The van der Waals surface area contributed by atoms with Gasteiger partial charge in [0.2, 0.25) is 11.8 Å². The summed E-state index contributed by atoms with van der Waals surface area (Å²) in [6.07, 6.45) is 0. The Labute approximate surface area is 66.3 Å². The summed E-state index contributed by atoms with van der Waals surface area (Å²) in [4.78, 5) is 20.1. The number of hydrogen-bond donors (Lipinski definition) is 3. The SMILES string of the molecule is CC.CC(=O)NNCC(N)=O. The zero-order chi connectivity index (χ0) is 9.28. The third kappa shape index (κ3) is 17.6. The first-order chi connectivity index (χ1) is 5.13. The Balaban J connectivity index is 0. The molecule has 0 spiro atoms. The third-order valence-electron chi connectivity index (χ3n) is 0.527. The summed E-state index contributed by atoms with van der Waals surface area (Å²) in [5, 5.41) is 0. The minimum Gasteiger partial charge on any atom is -0.369 e. The number of carbonyl (C=O) groups is 2. The van der Waals surface area contributed by atoms with Crippen molar-refractivity contribution < 1.29 is 9.59 Å². The highest BCUT2D eigenvalue weighted by molar-refractivity contribution is 5.77. The van der Waals surface area contributed by atoms with Gasteiger partial charge in [-0.05, 0) is 0 Å². The fraction of sp³-hybridized carbons (Fsp3) is 0.667. The number of hydrazine groups is 1. The Morgan fingerprint density at radius 3 is 2.09 bits per heavy atom. The lowest BCUT2D eigenvalue weighted by molar-refractivity contribution is -0.120. The molecule has 5 nitrogen and oxygen atoms in total. The van der Waals surface area contributed by atoms with Crippen molar-refractivity contribution in [2.75, 3.05) is 6.54 Å². The average Bonchev–Trinajstić information content (AvgIpc) is 1.90. The van der Waals surface area contributed by atoms with E-state index in [-0.39, 0.29) is 12.5 Å². The number of hydrogen-bond acceptors (Lipinski definition) is 3. The maximum absolute atomic E-state index is 10.1. The van der Waals surface area contributed by atoms with Crippen LogP contribution in [0.25, 0.3) is 0 Å². The summed E-state index contributed by atoms with van der Waals surface area (Å²) < 4.78 is 0. The molecule has 5 heteroatoms. The molecule has 0 unspecified atom stereocenters. The first-order valence-electron chi connectivity index (χ1n) is 3.40. The Bertz CT molecular complexity index is 111. The predicted octanol–water partition coefficient (Wildman–Crippen LogP) is -0.861. The molecule has 0 atom stereocenters. The van der Waals surface area contributed by atoms with E-state index in [1.165, 1.54) is 6.92 Å². The van der Waals surface area contributed by atoms with Crippen LogP contribution < -0.4 is 16.6 Å². The fourth-order valence-electron chi connectivity index (χ4n) is 0.256. The van der Waals surface area contributed by atoms with Gasteiger partial charge in [-0.2, -0.15) is 0 Å². The van der Waals surface area contributed by atoms with E-state index in [0.29, 0.717) is 0 Å². The van der Waals surface area contributed by atoms with E-state index < -0.39 is 5.91 Å². The maximum atomic E-state index is 10.1. The lowest BCUT2D eigenvalue weighted by atomic mass is 10.6. The van der Waals surface area contributed by atoms with Crippen LogP contribution in [0.3, 0.4) is 0 Å². The quantitative estimate of drug-likeness (QED) is 0.471. The van der Waals surface area contributed by atoms with Gasteiger partial charge in [-0.15, -0.1) is 0 Å². The van der Waals surface area contributed by atoms with Crippen molar-refractivity contribution in [1.82, 2.24) is 10.9 Å². The number of carbonyl (C=O) groups excluding carboxylic acids is 2. The summed E-state index contributed by atoms with van der Waals surface area (Å²) in [6, 6.07) is 0. The molecule has 0 bridgehead atoms. The lowest BCUT2D eigenvalue weighted by Crippen LogP contribution is -2.41. The monoisotopic (exact) mass is 161 g/mol. The van der Waals surface area contributed by atoms with Crippen LogP contribution in [0.15, 0.2) is 0 Å². The van der Waals surface area contributed by atoms with Gasteiger partial charge >= 0.3 is 0 Å². The zero-order valence-electron chi connectivity index (χ0n) is 7.10. The van der Waals surface area contributed by atoms with E-state index in [9.17, 15) is 9.59 Å². The van der Waals surface area contributed by atoms with Gasteiger partial charge in [-0.3, -0.25) is 15.0 Å². The largest absolute Gasteiger partial charge is 0.369 e. The van der Waals surface area contributed by atoms with E-state index in [1.807, 2.05) is 13.8 Å². The van der Waals surface area contributed by atoms with Crippen molar-refractivity contribution in [1.29, 1.82) is 0 Å². The molecular weight excluding hydrogens is 146 g/mol. The topological polar surface area (TPSA) is 84.2 Å². The normalized spacial score (nSPS) is 7.55. The van der Waals surface area contributed by atoms with Crippen LogP contribution in [0.4, 0.5) is 0 Å². The molecule has 0 saturated carbocycles. The molecule has 0 aromatic heterocycles. The third-order valence-corrected chi connectivity index (χ3v) is 0.527. The molecule has 11 heavy (non-hydrogen) atoms. The number of nitrogens with one attached hydrogen (secondary N) is 2. The van der Waals surface area contributed by atoms with Crippen molar-refractivity contribution >= 4 is 11.8 Å². The highest BCUT2D eigenvalue weighted by atomic mass is 16.2. The average molecular weight is 161 g/mol. The predicted molar refractivity (Wildman–Crippen MR) is 42.4 cm³/mol. The summed E-state index contributed by atoms with van der Waals surface area (Å²) >= 11 is 0. The Hall–Kier alpha value is -1.10. The molecule has 0 aliphatic rings. The van der Waals surface area contributed by atoms with Crippen molar-refractivity contribution in [3.05, 3.63) is 0 Å². The van der Waals surface area contributed by atoms with E-state index in [1.54, 1.807) is 0 Å². The first kappa shape index (κ1) is 12.6. The number of rotatable bonds is 3. The molecule has 66 valence electrons. The van der Waals surface area contributed by atoms with E-state index in [2.05, 4.69) is 10.9 Å². The van der Waals surface area contributed by atoms with Crippen LogP contribution in [0.5, 0.6) is 0 Å². The summed E-state index contributed by atoms with van der Waals surface area (Å²) in [7, 11) is 0. The minimum atomic E-state index is -0.510. The summed E-state index contributed by atoms with van der Waals surface area (Å²) in [6.45, 7) is 5.29. The Morgan fingerprint density at radius 1 is 1.36 bits per heavy atom. The number of amides is 2. The second kappa shape index (κ2) is 8.90. The molecule has 0 aliphatic heterocycles. The molecule has 0 rings (SSSR count). The number of primary amides is 1. The first-order valence-corrected chi connectivity index (χ1v) is 3.40. The maximum Gasteiger partial charge on any atom is 0.233 e. The van der Waals surface area contributed by atoms with Crippen LogP contribution in [-0.2, 0) is 9.59 Å². The van der Waals surface area contributed by atoms with Crippen molar-refractivity contribution in [2.45, 2.75) is 20.8 Å². The molecular formula is C6H15N3O2. The van der Waals surface area contributed by atoms with Crippen LogP contribution in [-0.4, -0.2) is 18.4 Å². The second-order valence-corrected chi connectivity index (χ2v) is 1.50. The van der Waals surface area contributed by atoms with Gasteiger partial charge in [0, 0.05) is 6.92 Å². The van der Waals surface area contributed by atoms with Gasteiger partial charge in [-0.25, -0.2) is 5.43 Å². The molecule has 0 saturated heterocycles. The van der Waals surface area contributed by atoms with Crippen molar-refractivity contribution in [3.63, 3.8) is 0 Å². The highest BCUT2D eigenvalue weighted by Crippen LogP contribution is 1.53. The van der Waals surface area contributed by atoms with Crippen molar-refractivity contribution in [3.8, 4) is 0 Å². The fourth-order valence-corrected chi connectivity index (χ4v) is 0.256. The van der Waals surface area contributed by atoms with Gasteiger partial charge in [-0.1, -0.05) is 13.8 Å². The van der Waals surface area contributed by atoms with Crippen LogP contribution >= 0.6 is 0 Å². The molecule has 0 fully saturated rings. The Kier molecular flexibility index (Phi) is 10.2. The van der Waals surface area contributed by atoms with Crippen LogP contribution in [0.2, 0.25) is 0 Å². The van der Waals surface area contributed by atoms with Crippen LogP contribution in [0, 0.1) is 0 Å². The summed E-state index contributed by atoms with van der Waals surface area (Å²) in [5.74, 6) is -0.764. The van der Waals surface area contributed by atoms with E-state index >= 15 is 0 Å². The minimum absolute atomic E-state index is 0.0421. The van der Waals surface area contributed by atoms with E-state index in [4.69, 9.17) is 5.73 Å². The number of nitrogens with two attached hydrogens (primary N) is 1. The van der Waals surface area contributed by atoms with Gasteiger partial charge in [0.05, 0.1) is 6.54 Å². The molecule has 0 aliphatic carbocycles. The molecule has 0 aromatic carbocycles. The van der Waals surface area contributed by atoms with E-state index in [0.717, 1.165) is 0 Å². The standard InChI is InChI=1S/C4H9N3O2.C2H6/c1-3(8)7-6-2-4(5)9;1-2/h6H,2H2,1H3,(H2,5,9)(H,7,8);1-2H3.